The number of aromatic hydroxyl groups is 1. The van der Waals surface area contributed by atoms with Gasteiger partial charge in [-0.1, -0.05) is 11.2 Å². The van der Waals surface area contributed by atoms with Gasteiger partial charge in [0.1, 0.15) is 5.75 Å². The van der Waals surface area contributed by atoms with E-state index < -0.39 is 5.91 Å². The topological polar surface area (TPSA) is 100 Å². The lowest BCUT2D eigenvalue weighted by Gasteiger charge is -2.02. The number of anilines is 1. The summed E-state index contributed by atoms with van der Waals surface area (Å²) >= 11 is 0. The molecule has 1 saturated heterocycles. The fourth-order valence-corrected chi connectivity index (χ4v) is 2.13. The Bertz CT molecular complexity index is 620. The van der Waals surface area contributed by atoms with Gasteiger partial charge in [-0.05, 0) is 31.5 Å². The average molecular weight is 274 g/mol. The molecule has 0 spiro atoms. The summed E-state index contributed by atoms with van der Waals surface area (Å²) in [5.74, 6) is 0.0240. The summed E-state index contributed by atoms with van der Waals surface area (Å²) in [6.07, 6.45) is 1.98. The van der Waals surface area contributed by atoms with Crippen LogP contribution in [0.25, 0.3) is 0 Å². The summed E-state index contributed by atoms with van der Waals surface area (Å²) in [6, 6.07) is 6.29. The van der Waals surface area contributed by atoms with Crippen LogP contribution in [0, 0.1) is 0 Å². The molecule has 1 aliphatic heterocycles. The normalized spacial score (nSPS) is 18.1. The number of hydrogen-bond acceptors (Lipinski definition) is 6. The minimum atomic E-state index is -0.469. The Morgan fingerprint density at radius 3 is 3.15 bits per heavy atom. The van der Waals surface area contributed by atoms with Crippen molar-refractivity contribution in [1.82, 2.24) is 15.5 Å². The Morgan fingerprint density at radius 1 is 1.50 bits per heavy atom. The number of carbonyl (C=O) groups is 1. The largest absolute Gasteiger partial charge is 0.508 e. The molecule has 1 aromatic heterocycles. The minimum absolute atomic E-state index is 0.0166. The summed E-state index contributed by atoms with van der Waals surface area (Å²) in [4.78, 5) is 16.1. The van der Waals surface area contributed by atoms with Crippen molar-refractivity contribution in [3.8, 4) is 5.75 Å². The standard InChI is InChI=1S/C13H14N4O3/c18-9-4-1-3-8(7-9)15-12(19)11-16-13(20-17-11)10-5-2-6-14-10/h1,3-4,7,10,14,18H,2,5-6H2,(H,15,19). The average Bonchev–Trinajstić information content (AvgIpc) is 3.10. The first-order valence-corrected chi connectivity index (χ1v) is 6.40. The van der Waals surface area contributed by atoms with E-state index in [1.807, 2.05) is 0 Å². The molecular weight excluding hydrogens is 260 g/mol. The summed E-state index contributed by atoms with van der Waals surface area (Å²) in [5.41, 5.74) is 0.473. The number of phenolic OH excluding ortho intramolecular Hbond substituents is 1. The molecule has 7 nitrogen and oxygen atoms in total. The van der Waals surface area contributed by atoms with E-state index in [4.69, 9.17) is 4.52 Å². The molecule has 2 aromatic rings. The summed E-state index contributed by atoms with van der Waals surface area (Å²) in [5, 5.41) is 18.8. The second-order valence-corrected chi connectivity index (χ2v) is 4.61. The van der Waals surface area contributed by atoms with Crippen LogP contribution in [0.15, 0.2) is 28.8 Å². The summed E-state index contributed by atoms with van der Waals surface area (Å²) in [6.45, 7) is 0.915. The molecule has 2 heterocycles. The zero-order valence-corrected chi connectivity index (χ0v) is 10.7. The highest BCUT2D eigenvalue weighted by atomic mass is 16.5. The number of nitrogens with one attached hydrogen (secondary N) is 2. The van der Waals surface area contributed by atoms with Gasteiger partial charge in [0.15, 0.2) is 0 Å². The SMILES string of the molecule is O=C(Nc1cccc(O)c1)c1noc(C2CCCN2)n1. The van der Waals surface area contributed by atoms with E-state index in [9.17, 15) is 9.90 Å². The highest BCUT2D eigenvalue weighted by Crippen LogP contribution is 2.21. The van der Waals surface area contributed by atoms with Crippen molar-refractivity contribution < 1.29 is 14.4 Å². The molecule has 0 radical (unpaired) electrons. The third-order valence-corrected chi connectivity index (χ3v) is 3.11. The van der Waals surface area contributed by atoms with Crippen molar-refractivity contribution in [2.24, 2.45) is 0 Å². The van der Waals surface area contributed by atoms with Crippen LogP contribution >= 0.6 is 0 Å². The van der Waals surface area contributed by atoms with Crippen molar-refractivity contribution in [3.05, 3.63) is 36.0 Å². The van der Waals surface area contributed by atoms with Crippen LogP contribution in [-0.4, -0.2) is 27.7 Å². The number of nitrogens with zero attached hydrogens (tertiary/aromatic N) is 2. The Balaban J connectivity index is 1.71. The van der Waals surface area contributed by atoms with Gasteiger partial charge in [-0.15, -0.1) is 0 Å². The van der Waals surface area contributed by atoms with Crippen LogP contribution in [0.2, 0.25) is 0 Å². The van der Waals surface area contributed by atoms with Gasteiger partial charge in [0.25, 0.3) is 11.7 Å². The second-order valence-electron chi connectivity index (χ2n) is 4.61. The number of carbonyl (C=O) groups excluding carboxylic acids is 1. The molecule has 1 aromatic carbocycles. The van der Waals surface area contributed by atoms with E-state index in [0.717, 1.165) is 19.4 Å². The van der Waals surface area contributed by atoms with Gasteiger partial charge in [0.2, 0.25) is 5.89 Å². The Kier molecular flexibility index (Phi) is 3.34. The van der Waals surface area contributed by atoms with E-state index >= 15 is 0 Å². The van der Waals surface area contributed by atoms with E-state index in [-0.39, 0.29) is 17.6 Å². The lowest BCUT2D eigenvalue weighted by atomic mass is 10.2. The molecule has 20 heavy (non-hydrogen) atoms. The first kappa shape index (κ1) is 12.6. The lowest BCUT2D eigenvalue weighted by molar-refractivity contribution is 0.101. The molecule has 1 aliphatic rings. The zero-order chi connectivity index (χ0) is 13.9. The Morgan fingerprint density at radius 2 is 2.40 bits per heavy atom. The molecule has 0 bridgehead atoms. The molecular formula is C13H14N4O3. The van der Waals surface area contributed by atoms with Crippen LogP contribution < -0.4 is 10.6 Å². The summed E-state index contributed by atoms with van der Waals surface area (Å²) < 4.78 is 5.10. The molecule has 1 atom stereocenters. The number of phenols is 1. The highest BCUT2D eigenvalue weighted by Gasteiger charge is 2.24. The van der Waals surface area contributed by atoms with Crippen molar-refractivity contribution in [3.63, 3.8) is 0 Å². The number of hydrogen-bond donors (Lipinski definition) is 3. The van der Waals surface area contributed by atoms with Gasteiger partial charge in [-0.3, -0.25) is 4.79 Å². The maximum absolute atomic E-state index is 12.0. The molecule has 1 fully saturated rings. The van der Waals surface area contributed by atoms with Crippen LogP contribution in [0.3, 0.4) is 0 Å². The van der Waals surface area contributed by atoms with Crippen molar-refractivity contribution in [2.45, 2.75) is 18.9 Å². The Labute approximate surface area is 115 Å². The van der Waals surface area contributed by atoms with Crippen molar-refractivity contribution in [2.75, 3.05) is 11.9 Å². The summed E-state index contributed by atoms with van der Waals surface area (Å²) in [7, 11) is 0. The maximum Gasteiger partial charge on any atom is 0.297 e. The van der Waals surface area contributed by atoms with Gasteiger partial charge in [0.05, 0.1) is 6.04 Å². The number of amides is 1. The van der Waals surface area contributed by atoms with Crippen LogP contribution in [0.5, 0.6) is 5.75 Å². The Hall–Kier alpha value is -2.41. The molecule has 0 saturated carbocycles. The highest BCUT2D eigenvalue weighted by molar-refractivity contribution is 6.01. The number of rotatable bonds is 3. The molecule has 7 heteroatoms. The van der Waals surface area contributed by atoms with Crippen molar-refractivity contribution in [1.29, 1.82) is 0 Å². The van der Waals surface area contributed by atoms with Gasteiger partial charge in [0, 0.05) is 11.8 Å². The van der Waals surface area contributed by atoms with Crippen LogP contribution in [-0.2, 0) is 0 Å². The predicted molar refractivity (Wildman–Crippen MR) is 70.3 cm³/mol. The second kappa shape index (κ2) is 5.30. The van der Waals surface area contributed by atoms with Gasteiger partial charge in [-0.2, -0.15) is 4.98 Å². The number of aromatic nitrogens is 2. The fraction of sp³-hybridized carbons (Fsp3) is 0.308. The first-order valence-electron chi connectivity index (χ1n) is 6.40. The molecule has 0 aliphatic carbocycles. The lowest BCUT2D eigenvalue weighted by Crippen LogP contribution is -2.15. The monoisotopic (exact) mass is 274 g/mol. The molecule has 104 valence electrons. The third kappa shape index (κ3) is 2.62. The van der Waals surface area contributed by atoms with E-state index in [1.54, 1.807) is 12.1 Å². The third-order valence-electron chi connectivity index (χ3n) is 3.11. The molecule has 1 amide bonds. The molecule has 1 unspecified atom stereocenters. The van der Waals surface area contributed by atoms with E-state index in [2.05, 4.69) is 20.8 Å². The van der Waals surface area contributed by atoms with Gasteiger partial charge < -0.3 is 20.3 Å². The number of benzene rings is 1. The van der Waals surface area contributed by atoms with Crippen LogP contribution in [0.4, 0.5) is 5.69 Å². The first-order chi connectivity index (χ1) is 9.72. The van der Waals surface area contributed by atoms with Gasteiger partial charge >= 0.3 is 0 Å². The van der Waals surface area contributed by atoms with Gasteiger partial charge in [-0.25, -0.2) is 0 Å². The zero-order valence-electron chi connectivity index (χ0n) is 10.7. The quantitative estimate of drug-likeness (QED) is 0.783. The van der Waals surface area contributed by atoms with E-state index in [1.165, 1.54) is 12.1 Å². The minimum Gasteiger partial charge on any atom is -0.508 e. The maximum atomic E-state index is 12.0. The predicted octanol–water partition coefficient (Wildman–Crippen LogP) is 1.45. The smallest absolute Gasteiger partial charge is 0.297 e. The van der Waals surface area contributed by atoms with Crippen LogP contribution in [0.1, 0.15) is 35.4 Å². The van der Waals surface area contributed by atoms with E-state index in [0.29, 0.717) is 11.6 Å². The van der Waals surface area contributed by atoms with Crippen molar-refractivity contribution >= 4 is 11.6 Å². The molecule has 3 N–H and O–H groups in total. The fourth-order valence-electron chi connectivity index (χ4n) is 2.13. The molecule has 3 rings (SSSR count).